The monoisotopic (exact) mass is 675 g/mol. The summed E-state index contributed by atoms with van der Waals surface area (Å²) in [5.74, 6) is 0. The summed E-state index contributed by atoms with van der Waals surface area (Å²) in [5, 5.41) is 2.49. The second-order valence-corrected chi connectivity index (χ2v) is 13.4. The average Bonchev–Trinajstić information content (AvgIpc) is 3.25. The molecule has 0 N–H and O–H groups in total. The van der Waals surface area contributed by atoms with E-state index < -0.39 is 0 Å². The van der Waals surface area contributed by atoms with Crippen molar-refractivity contribution in [2.45, 2.75) is 0 Å². The van der Waals surface area contributed by atoms with Crippen LogP contribution in [0.4, 0.5) is 17.1 Å². The van der Waals surface area contributed by atoms with Crippen LogP contribution in [0.5, 0.6) is 0 Å². The van der Waals surface area contributed by atoms with E-state index in [0.29, 0.717) is 0 Å². The fraction of sp³-hybridized carbons (Fsp3) is 0. The zero-order valence-corrected chi connectivity index (χ0v) is 29.3. The SMILES string of the molecule is c1ccc(-c2ccc(-c3ccccc3N(c3ccc(-c4cccc(-c5ccccc5)c4)cc3)c3cccc(-c4ccc5ccccc5c4)c3)cc2)cc1. The molecule has 0 aromatic heterocycles. The third-order valence-corrected chi connectivity index (χ3v) is 10.1. The van der Waals surface area contributed by atoms with Gasteiger partial charge in [0.1, 0.15) is 0 Å². The molecule has 0 aliphatic rings. The molecule has 0 aliphatic carbocycles. The van der Waals surface area contributed by atoms with Gasteiger partial charge in [-0.1, -0.05) is 182 Å². The van der Waals surface area contributed by atoms with Crippen molar-refractivity contribution < 1.29 is 0 Å². The molecule has 0 fully saturated rings. The molecule has 0 saturated heterocycles. The summed E-state index contributed by atoms with van der Waals surface area (Å²) < 4.78 is 0. The van der Waals surface area contributed by atoms with Crippen LogP contribution < -0.4 is 4.90 Å². The molecule has 9 aromatic rings. The van der Waals surface area contributed by atoms with Crippen LogP contribution in [-0.2, 0) is 0 Å². The maximum atomic E-state index is 2.40. The largest absolute Gasteiger partial charge is 0.310 e. The lowest BCUT2D eigenvalue weighted by atomic mass is 9.97. The van der Waals surface area contributed by atoms with E-state index in [9.17, 15) is 0 Å². The van der Waals surface area contributed by atoms with Gasteiger partial charge in [-0.05, 0) is 103 Å². The molecular weight excluding hydrogens is 639 g/mol. The van der Waals surface area contributed by atoms with Gasteiger partial charge in [0.15, 0.2) is 0 Å². The fourth-order valence-electron chi connectivity index (χ4n) is 7.32. The van der Waals surface area contributed by atoms with Gasteiger partial charge in [0.25, 0.3) is 0 Å². The van der Waals surface area contributed by atoms with Crippen molar-refractivity contribution in [2.75, 3.05) is 4.90 Å². The summed E-state index contributed by atoms with van der Waals surface area (Å²) in [5.41, 5.74) is 15.3. The van der Waals surface area contributed by atoms with Crippen molar-refractivity contribution in [1.82, 2.24) is 0 Å². The van der Waals surface area contributed by atoms with Crippen molar-refractivity contribution >= 4 is 27.8 Å². The van der Waals surface area contributed by atoms with E-state index in [4.69, 9.17) is 0 Å². The molecule has 1 nitrogen and oxygen atoms in total. The summed E-state index contributed by atoms with van der Waals surface area (Å²) >= 11 is 0. The van der Waals surface area contributed by atoms with Crippen molar-refractivity contribution in [3.63, 3.8) is 0 Å². The molecule has 0 unspecified atom stereocenters. The van der Waals surface area contributed by atoms with Crippen LogP contribution in [-0.4, -0.2) is 0 Å². The number of rotatable bonds is 8. The van der Waals surface area contributed by atoms with Crippen LogP contribution in [0.25, 0.3) is 66.4 Å². The number of hydrogen-bond acceptors (Lipinski definition) is 1. The van der Waals surface area contributed by atoms with Gasteiger partial charge in [0.2, 0.25) is 0 Å². The quantitative estimate of drug-likeness (QED) is 0.155. The van der Waals surface area contributed by atoms with Gasteiger partial charge >= 0.3 is 0 Å². The summed E-state index contributed by atoms with van der Waals surface area (Å²) in [6, 6.07) is 80.9. The van der Waals surface area contributed by atoms with E-state index in [1.807, 2.05) is 0 Å². The fourth-order valence-corrected chi connectivity index (χ4v) is 7.32. The van der Waals surface area contributed by atoms with Crippen LogP contribution in [0.1, 0.15) is 0 Å². The normalized spacial score (nSPS) is 11.0. The highest BCUT2D eigenvalue weighted by molar-refractivity contribution is 5.91. The molecule has 0 bridgehead atoms. The Morgan fingerprint density at radius 3 is 1.40 bits per heavy atom. The van der Waals surface area contributed by atoms with E-state index in [0.717, 1.165) is 17.1 Å². The highest BCUT2D eigenvalue weighted by atomic mass is 15.1. The van der Waals surface area contributed by atoms with Crippen LogP contribution in [0.3, 0.4) is 0 Å². The Labute approximate surface area is 311 Å². The van der Waals surface area contributed by atoms with E-state index in [1.165, 1.54) is 66.4 Å². The first-order chi connectivity index (χ1) is 26.3. The van der Waals surface area contributed by atoms with Crippen LogP contribution in [0.2, 0.25) is 0 Å². The number of benzene rings is 9. The second kappa shape index (κ2) is 14.3. The molecule has 0 saturated carbocycles. The number of para-hydroxylation sites is 1. The Hall–Kier alpha value is -6.96. The number of anilines is 3. The van der Waals surface area contributed by atoms with E-state index in [-0.39, 0.29) is 0 Å². The predicted molar refractivity (Wildman–Crippen MR) is 226 cm³/mol. The third kappa shape index (κ3) is 6.65. The van der Waals surface area contributed by atoms with Gasteiger partial charge in [-0.3, -0.25) is 0 Å². The molecule has 0 radical (unpaired) electrons. The Bertz CT molecular complexity index is 2640. The summed E-state index contributed by atoms with van der Waals surface area (Å²) in [4.78, 5) is 2.40. The first-order valence-electron chi connectivity index (χ1n) is 18.2. The minimum absolute atomic E-state index is 1.09. The molecule has 1 heteroatoms. The van der Waals surface area contributed by atoms with Crippen molar-refractivity contribution in [2.24, 2.45) is 0 Å². The van der Waals surface area contributed by atoms with Crippen LogP contribution >= 0.6 is 0 Å². The number of hydrogen-bond donors (Lipinski definition) is 0. The van der Waals surface area contributed by atoms with E-state index in [1.54, 1.807) is 0 Å². The molecule has 250 valence electrons. The van der Waals surface area contributed by atoms with Crippen LogP contribution in [0, 0.1) is 0 Å². The lowest BCUT2D eigenvalue weighted by Crippen LogP contribution is -2.11. The van der Waals surface area contributed by atoms with Crippen molar-refractivity contribution in [3.05, 3.63) is 224 Å². The first kappa shape index (κ1) is 32.0. The first-order valence-corrected chi connectivity index (χ1v) is 18.2. The van der Waals surface area contributed by atoms with E-state index >= 15 is 0 Å². The maximum Gasteiger partial charge on any atom is 0.0540 e. The number of fused-ring (bicyclic) bond motifs is 1. The molecule has 9 aromatic carbocycles. The van der Waals surface area contributed by atoms with E-state index in [2.05, 4.69) is 229 Å². The molecule has 0 amide bonds. The van der Waals surface area contributed by atoms with Crippen LogP contribution in [0.15, 0.2) is 224 Å². The molecule has 0 aliphatic heterocycles. The highest BCUT2D eigenvalue weighted by Gasteiger charge is 2.18. The highest BCUT2D eigenvalue weighted by Crippen LogP contribution is 2.43. The van der Waals surface area contributed by atoms with Gasteiger partial charge < -0.3 is 4.90 Å². The maximum absolute atomic E-state index is 2.40. The minimum Gasteiger partial charge on any atom is -0.310 e. The van der Waals surface area contributed by atoms with Gasteiger partial charge in [-0.25, -0.2) is 0 Å². The molecule has 0 atom stereocenters. The summed E-state index contributed by atoms with van der Waals surface area (Å²) in [7, 11) is 0. The van der Waals surface area contributed by atoms with Crippen molar-refractivity contribution in [1.29, 1.82) is 0 Å². The Morgan fingerprint density at radius 2 is 0.679 bits per heavy atom. The molecule has 0 spiro atoms. The minimum atomic E-state index is 1.09. The smallest absolute Gasteiger partial charge is 0.0540 e. The lowest BCUT2D eigenvalue weighted by molar-refractivity contribution is 1.28. The molecule has 0 heterocycles. The van der Waals surface area contributed by atoms with Gasteiger partial charge in [-0.15, -0.1) is 0 Å². The average molecular weight is 676 g/mol. The van der Waals surface area contributed by atoms with Gasteiger partial charge in [0.05, 0.1) is 5.69 Å². The second-order valence-electron chi connectivity index (χ2n) is 13.4. The third-order valence-electron chi connectivity index (χ3n) is 10.1. The summed E-state index contributed by atoms with van der Waals surface area (Å²) in [6.07, 6.45) is 0. The predicted octanol–water partition coefficient (Wildman–Crippen LogP) is 14.6. The standard InChI is InChI=1S/C52H37N/c1-3-13-38(14-4-1)41-25-28-43(29-26-41)51-23-9-10-24-52(51)53(50-22-12-21-47(37-50)48-30-27-40-17-7-8-18-44(40)36-48)49-33-31-42(32-34-49)46-20-11-19-45(35-46)39-15-5-2-6-16-39/h1-37H. The van der Waals surface area contributed by atoms with Gasteiger partial charge in [0, 0.05) is 16.9 Å². The summed E-state index contributed by atoms with van der Waals surface area (Å²) in [6.45, 7) is 0. The molecule has 53 heavy (non-hydrogen) atoms. The lowest BCUT2D eigenvalue weighted by Gasteiger charge is -2.28. The number of nitrogens with zero attached hydrogens (tertiary/aromatic N) is 1. The Morgan fingerprint density at radius 1 is 0.226 bits per heavy atom. The zero-order chi connectivity index (χ0) is 35.4. The Kier molecular flexibility index (Phi) is 8.66. The molecule has 9 rings (SSSR count). The van der Waals surface area contributed by atoms with Gasteiger partial charge in [-0.2, -0.15) is 0 Å². The zero-order valence-electron chi connectivity index (χ0n) is 29.3. The topological polar surface area (TPSA) is 3.24 Å². The van der Waals surface area contributed by atoms with Crippen molar-refractivity contribution in [3.8, 4) is 55.6 Å². The molecular formula is C52H37N. The Balaban J connectivity index is 1.14.